The smallest absolute Gasteiger partial charge is 0.341 e. The Labute approximate surface area is 321 Å². The van der Waals surface area contributed by atoms with Crippen molar-refractivity contribution in [2.24, 2.45) is 63.6 Å². The van der Waals surface area contributed by atoms with Crippen LogP contribution in [-0.4, -0.2) is 94.0 Å². The molecule has 14 heteroatoms. The summed E-state index contributed by atoms with van der Waals surface area (Å²) in [7, 11) is 0. The number of Topliss-reactive ketones (excluding diaryl/α,β-unsaturated/α-hetero) is 1. The van der Waals surface area contributed by atoms with Gasteiger partial charge in [-0.05, 0) is 68.2 Å². The topological polar surface area (TPSA) is 188 Å². The Morgan fingerprint density at radius 2 is 1.48 bits per heavy atom. The van der Waals surface area contributed by atoms with Crippen molar-refractivity contribution in [3.05, 3.63) is 34.3 Å². The minimum absolute atomic E-state index is 0.228. The van der Waals surface area contributed by atoms with E-state index in [0.717, 1.165) is 4.47 Å². The predicted octanol–water partition coefficient (Wildman–Crippen LogP) is 3.38. The molecule has 8 fully saturated rings. The fourth-order valence-electron chi connectivity index (χ4n) is 14.0. The summed E-state index contributed by atoms with van der Waals surface area (Å²) in [5.74, 6) is -9.98. The summed E-state index contributed by atoms with van der Waals surface area (Å²) in [6.07, 6.45) is -5.52. The SMILES string of the molecule is CC(=O)O[C@H]1[C@@H](C)[C@H]2[C@H]([C@@H]3[C@@H](O)[C@@H]4[C@H]([C@H](C)[C@H]5O[C@]56OC(=O)[C@@](C)(O)[C@]46C)[C@]31C)[C@@H](OC(=O)c1ccc(Br)cc1)C(=O)[C@H]1C[C@@H]3O[C@@H]3[C@H](OC(C)=O)[C@]21C. The lowest BCUT2D eigenvalue weighted by molar-refractivity contribution is -0.252. The first-order valence-electron chi connectivity index (χ1n) is 19.0. The van der Waals surface area contributed by atoms with E-state index in [1.807, 2.05) is 27.7 Å². The summed E-state index contributed by atoms with van der Waals surface area (Å²) >= 11 is 3.40. The molecule has 5 saturated carbocycles. The van der Waals surface area contributed by atoms with Crippen molar-refractivity contribution in [1.82, 2.24) is 0 Å². The fraction of sp³-hybridized carbons (Fsp3) is 0.725. The summed E-state index contributed by atoms with van der Waals surface area (Å²) in [5, 5.41) is 25.2. The average Bonchev–Trinajstić information content (AvgIpc) is 4.00. The zero-order valence-corrected chi connectivity index (χ0v) is 33.0. The number of hydrogen-bond acceptors (Lipinski definition) is 13. The van der Waals surface area contributed by atoms with Crippen LogP contribution >= 0.6 is 15.9 Å². The number of rotatable bonds is 4. The lowest BCUT2D eigenvalue weighted by Crippen LogP contribution is -2.72. The van der Waals surface area contributed by atoms with E-state index < -0.39 is 130 Å². The summed E-state index contributed by atoms with van der Waals surface area (Å²) in [5.41, 5.74) is -5.53. The molecule has 3 aliphatic heterocycles. The Morgan fingerprint density at radius 1 is 0.852 bits per heavy atom. The van der Waals surface area contributed by atoms with Crippen molar-refractivity contribution in [3.8, 4) is 0 Å². The van der Waals surface area contributed by atoms with Gasteiger partial charge in [-0.2, -0.15) is 0 Å². The van der Waals surface area contributed by atoms with Crippen LogP contribution < -0.4 is 0 Å². The average molecular weight is 816 g/mol. The molecule has 1 aromatic rings. The van der Waals surface area contributed by atoms with Crippen LogP contribution in [-0.2, 0) is 47.6 Å². The highest BCUT2D eigenvalue weighted by molar-refractivity contribution is 9.10. The van der Waals surface area contributed by atoms with Crippen LogP contribution in [0.25, 0.3) is 0 Å². The van der Waals surface area contributed by atoms with Crippen LogP contribution in [0.3, 0.4) is 0 Å². The van der Waals surface area contributed by atoms with Crippen LogP contribution in [0.4, 0.5) is 0 Å². The monoisotopic (exact) mass is 814 g/mol. The van der Waals surface area contributed by atoms with Gasteiger partial charge in [-0.1, -0.05) is 43.6 Å². The molecule has 13 nitrogen and oxygen atoms in total. The fourth-order valence-corrected chi connectivity index (χ4v) is 14.3. The largest absolute Gasteiger partial charge is 0.462 e. The van der Waals surface area contributed by atoms with E-state index in [2.05, 4.69) is 15.9 Å². The van der Waals surface area contributed by atoms with Gasteiger partial charge in [0.25, 0.3) is 0 Å². The molecule has 9 rings (SSSR count). The molecule has 0 bridgehead atoms. The molecule has 2 N–H and O–H groups in total. The number of ketones is 1. The summed E-state index contributed by atoms with van der Waals surface area (Å²) < 4.78 is 37.8. The van der Waals surface area contributed by atoms with Crippen molar-refractivity contribution in [3.63, 3.8) is 0 Å². The standard InChI is InChI=1S/C40H47BrO13/c1-14-23-22(30(52-34(46)18-9-11-19(41)12-10-18)27(44)20-13-21-29(51-21)33(36(20,23)5)50-17(4)43)25-28(45)26-24(37(25,6)31(14)49-16(3)42)15(2)32-40(53-32)38(26,7)39(8,48)35(47)54-40/h9-12,14-15,20-26,28-33,45,48H,13H2,1-8H3/t14-,15-,20+,21-,22+,23-,24-,25+,26-,28+,29-,30+,31-,32+,33-,36-,37+,38-,39+,40-/m0/s1. The van der Waals surface area contributed by atoms with E-state index in [0.29, 0.717) is 6.42 Å². The molecule has 0 aromatic heterocycles. The number of ether oxygens (including phenoxy) is 6. The van der Waals surface area contributed by atoms with Gasteiger partial charge in [-0.15, -0.1) is 0 Å². The summed E-state index contributed by atoms with van der Waals surface area (Å²) in [6.45, 7) is 13.5. The number of benzene rings is 1. The summed E-state index contributed by atoms with van der Waals surface area (Å²) in [4.78, 5) is 68.7. The van der Waals surface area contributed by atoms with Crippen molar-refractivity contribution < 1.29 is 62.6 Å². The first kappa shape index (κ1) is 36.7. The minimum atomic E-state index is -2.08. The van der Waals surface area contributed by atoms with Crippen LogP contribution in [0.15, 0.2) is 28.7 Å². The highest BCUT2D eigenvalue weighted by Gasteiger charge is 2.93. The molecule has 0 unspecified atom stereocenters. The second kappa shape index (κ2) is 11.1. The van der Waals surface area contributed by atoms with Gasteiger partial charge in [0, 0.05) is 52.8 Å². The van der Waals surface area contributed by atoms with Crippen LogP contribution in [0, 0.1) is 63.6 Å². The molecule has 1 spiro atoms. The van der Waals surface area contributed by atoms with Gasteiger partial charge in [0.05, 0.1) is 23.2 Å². The van der Waals surface area contributed by atoms with E-state index in [-0.39, 0.29) is 23.4 Å². The maximum Gasteiger partial charge on any atom is 0.341 e. The number of esters is 4. The second-order valence-corrected chi connectivity index (χ2v) is 19.1. The minimum Gasteiger partial charge on any atom is -0.462 e. The predicted molar refractivity (Wildman–Crippen MR) is 187 cm³/mol. The number of epoxide rings is 2. The Morgan fingerprint density at radius 3 is 2.11 bits per heavy atom. The zero-order chi connectivity index (χ0) is 39.0. The molecule has 1 aromatic carbocycles. The molecule has 20 atom stereocenters. The van der Waals surface area contributed by atoms with E-state index in [4.69, 9.17) is 28.4 Å². The third-order valence-electron chi connectivity index (χ3n) is 16.1. The first-order valence-corrected chi connectivity index (χ1v) is 19.8. The Kier molecular flexibility index (Phi) is 7.57. The van der Waals surface area contributed by atoms with E-state index >= 15 is 4.79 Å². The van der Waals surface area contributed by atoms with Gasteiger partial charge in [-0.25, -0.2) is 9.59 Å². The Hall–Kier alpha value is -2.91. The van der Waals surface area contributed by atoms with Crippen molar-refractivity contribution in [1.29, 1.82) is 0 Å². The zero-order valence-electron chi connectivity index (χ0n) is 31.4. The number of halogens is 1. The maximum absolute atomic E-state index is 15.3. The van der Waals surface area contributed by atoms with Gasteiger partial charge in [-0.3, -0.25) is 14.4 Å². The first-order chi connectivity index (χ1) is 25.2. The Balaban J connectivity index is 1.27. The van der Waals surface area contributed by atoms with E-state index in [9.17, 15) is 29.4 Å². The second-order valence-electron chi connectivity index (χ2n) is 18.2. The van der Waals surface area contributed by atoms with Crippen LogP contribution in [0.1, 0.15) is 72.2 Å². The normalized spacial score (nSPS) is 54.2. The van der Waals surface area contributed by atoms with Crippen LogP contribution in [0.5, 0.6) is 0 Å². The third-order valence-corrected chi connectivity index (χ3v) is 16.6. The van der Waals surface area contributed by atoms with Crippen molar-refractivity contribution in [2.45, 2.75) is 116 Å². The molecular formula is C40H47BrO13. The molecule has 0 amide bonds. The molecule has 3 saturated heterocycles. The van der Waals surface area contributed by atoms with Crippen molar-refractivity contribution >= 4 is 45.6 Å². The number of carbonyl (C=O) groups is 5. The van der Waals surface area contributed by atoms with Crippen LogP contribution in [0.2, 0.25) is 0 Å². The third kappa shape index (κ3) is 4.17. The van der Waals surface area contributed by atoms with Gasteiger partial charge in [0.1, 0.15) is 24.4 Å². The quantitative estimate of drug-likeness (QED) is 0.256. The molecular weight excluding hydrogens is 768 g/mol. The molecule has 5 aliphatic carbocycles. The lowest BCUT2D eigenvalue weighted by Gasteiger charge is -2.66. The summed E-state index contributed by atoms with van der Waals surface area (Å²) in [6, 6.07) is 6.59. The lowest BCUT2D eigenvalue weighted by atomic mass is 9.39. The van der Waals surface area contributed by atoms with Gasteiger partial charge in [0.2, 0.25) is 5.79 Å². The Bertz CT molecular complexity index is 1880. The highest BCUT2D eigenvalue weighted by atomic mass is 79.9. The molecule has 292 valence electrons. The maximum atomic E-state index is 15.3. The number of aliphatic hydroxyl groups excluding tert-OH is 1. The molecule has 8 aliphatic rings. The number of hydrogen-bond donors (Lipinski definition) is 2. The molecule has 3 heterocycles. The van der Waals surface area contributed by atoms with Gasteiger partial charge in [0.15, 0.2) is 17.5 Å². The number of aliphatic hydroxyl groups is 2. The molecule has 54 heavy (non-hydrogen) atoms. The highest BCUT2D eigenvalue weighted by Crippen LogP contribution is 2.81. The van der Waals surface area contributed by atoms with Gasteiger partial charge >= 0.3 is 23.9 Å². The van der Waals surface area contributed by atoms with E-state index in [1.165, 1.54) is 20.8 Å². The van der Waals surface area contributed by atoms with Crippen molar-refractivity contribution in [2.75, 3.05) is 0 Å². The van der Waals surface area contributed by atoms with E-state index in [1.54, 1.807) is 31.2 Å². The van der Waals surface area contributed by atoms with Gasteiger partial charge < -0.3 is 38.6 Å². The number of carbonyl (C=O) groups excluding carboxylic acids is 5. The molecule has 0 radical (unpaired) electrons. The number of fused-ring (bicyclic) bond motifs is 9.